The third kappa shape index (κ3) is 4.98. The Balaban J connectivity index is 2.39. The van der Waals surface area contributed by atoms with Gasteiger partial charge in [0, 0.05) is 10.0 Å². The monoisotopic (exact) mass is 412 g/mol. The van der Waals surface area contributed by atoms with Crippen molar-refractivity contribution >= 4 is 27.4 Å². The predicted molar refractivity (Wildman–Crippen MR) is 93.4 cm³/mol. The number of ketones is 1. The van der Waals surface area contributed by atoms with Crippen LogP contribution in [0.15, 0.2) is 74.0 Å². The van der Waals surface area contributed by atoms with Crippen molar-refractivity contribution in [2.24, 2.45) is 15.6 Å². The number of nitrogens with zero attached hydrogens (tertiary/aromatic N) is 2. The Hall–Kier alpha value is -2.02. The summed E-state index contributed by atoms with van der Waals surface area (Å²) in [5.41, 5.74) is -1.08. The third-order valence-electron chi connectivity index (χ3n) is 3.43. The molecule has 1 aliphatic rings. The van der Waals surface area contributed by atoms with Gasteiger partial charge < -0.3 is 0 Å². The van der Waals surface area contributed by atoms with E-state index in [1.807, 2.05) is 0 Å². The molecule has 1 aromatic carbocycles. The zero-order valence-electron chi connectivity index (χ0n) is 13.9. The van der Waals surface area contributed by atoms with Crippen molar-refractivity contribution in [2.45, 2.75) is 26.9 Å². The van der Waals surface area contributed by atoms with E-state index in [1.54, 1.807) is 45.0 Å². The Bertz CT molecular complexity index is 759. The molecule has 0 saturated heterocycles. The number of Topliss-reactive ketones (excluding diaryl/α,β-unsaturated/α-hetero) is 1. The number of hydrogen-bond donors (Lipinski definition) is 0. The second kappa shape index (κ2) is 7.07. The molecule has 0 saturated carbocycles. The van der Waals surface area contributed by atoms with Crippen LogP contribution >= 0.6 is 15.9 Å². The molecular formula is C18H16BrF3N2O. The molecular weight excluding hydrogens is 397 g/mol. The maximum absolute atomic E-state index is 13.1. The molecule has 7 heteroatoms. The normalized spacial score (nSPS) is 17.9. The van der Waals surface area contributed by atoms with Crippen molar-refractivity contribution < 1.29 is 18.0 Å². The van der Waals surface area contributed by atoms with Crippen LogP contribution in [0.3, 0.4) is 0 Å². The van der Waals surface area contributed by atoms with Crippen LogP contribution in [0.4, 0.5) is 18.9 Å². The number of benzene rings is 1. The molecule has 132 valence electrons. The molecule has 0 N–H and O–H groups in total. The van der Waals surface area contributed by atoms with E-state index in [0.717, 1.165) is 10.5 Å². The van der Waals surface area contributed by atoms with Gasteiger partial charge >= 0.3 is 6.18 Å². The lowest BCUT2D eigenvalue weighted by molar-refractivity contribution is -0.126. The van der Waals surface area contributed by atoms with Crippen molar-refractivity contribution in [3.8, 4) is 0 Å². The molecule has 0 atom stereocenters. The number of alkyl halides is 3. The maximum atomic E-state index is 13.1. The van der Waals surface area contributed by atoms with Crippen molar-refractivity contribution in [1.29, 1.82) is 0 Å². The molecule has 3 nitrogen and oxygen atoms in total. The van der Waals surface area contributed by atoms with Crippen LogP contribution < -0.4 is 0 Å². The number of carbonyl (C=O) groups excluding carboxylic acids is 1. The van der Waals surface area contributed by atoms with Gasteiger partial charge in [-0.1, -0.05) is 36.7 Å². The highest BCUT2D eigenvalue weighted by atomic mass is 79.9. The summed E-state index contributed by atoms with van der Waals surface area (Å²) in [4.78, 5) is 12.1. The summed E-state index contributed by atoms with van der Waals surface area (Å²) in [5.74, 6) is -0.998. The maximum Gasteiger partial charge on any atom is 0.420 e. The van der Waals surface area contributed by atoms with Crippen LogP contribution in [0.25, 0.3) is 0 Å². The Morgan fingerprint density at radius 3 is 2.08 bits per heavy atom. The number of halogens is 4. The van der Waals surface area contributed by atoms with E-state index in [1.165, 1.54) is 12.3 Å². The largest absolute Gasteiger partial charge is 0.420 e. The fraction of sp³-hybridized carbons (Fsp3) is 0.278. The van der Waals surface area contributed by atoms with Gasteiger partial charge in [0.05, 0.1) is 11.9 Å². The molecule has 25 heavy (non-hydrogen) atoms. The molecule has 0 radical (unpaired) electrons. The average Bonchev–Trinajstić information content (AvgIpc) is 2.48. The molecule has 0 fully saturated rings. The average molecular weight is 413 g/mol. The van der Waals surface area contributed by atoms with E-state index in [9.17, 15) is 18.0 Å². The first-order chi connectivity index (χ1) is 11.5. The summed E-state index contributed by atoms with van der Waals surface area (Å²) < 4.78 is 40.3. The molecule has 0 aromatic heterocycles. The van der Waals surface area contributed by atoms with Gasteiger partial charge in [0.15, 0.2) is 5.78 Å². The summed E-state index contributed by atoms with van der Waals surface area (Å²) in [7, 11) is 0. The lowest BCUT2D eigenvalue weighted by atomic mass is 9.78. The van der Waals surface area contributed by atoms with Gasteiger partial charge in [-0.05, 0) is 47.4 Å². The van der Waals surface area contributed by atoms with Crippen LogP contribution in [0, 0.1) is 5.41 Å². The SMILES string of the molecule is CC(C)(C)C1=CC(=CN=Nc2ccc(Br)cc2)C=C(C(F)(F)F)C1=O. The molecule has 0 bridgehead atoms. The Morgan fingerprint density at radius 2 is 1.56 bits per heavy atom. The summed E-state index contributed by atoms with van der Waals surface area (Å²) >= 11 is 3.29. The van der Waals surface area contributed by atoms with Crippen LogP contribution in [0.5, 0.6) is 0 Å². The highest BCUT2D eigenvalue weighted by Crippen LogP contribution is 2.38. The lowest BCUT2D eigenvalue weighted by Crippen LogP contribution is -2.29. The van der Waals surface area contributed by atoms with Gasteiger partial charge in [-0.25, -0.2) is 0 Å². The zero-order chi connectivity index (χ0) is 18.8. The second-order valence-electron chi connectivity index (χ2n) is 6.51. The van der Waals surface area contributed by atoms with E-state index < -0.39 is 22.9 Å². The molecule has 0 aliphatic heterocycles. The van der Waals surface area contributed by atoms with Crippen molar-refractivity contribution in [1.82, 2.24) is 0 Å². The first-order valence-corrected chi connectivity index (χ1v) is 8.20. The number of rotatable bonds is 2. The van der Waals surface area contributed by atoms with Gasteiger partial charge in [-0.2, -0.15) is 23.4 Å². The molecule has 1 aromatic rings. The standard InChI is InChI=1S/C18H16BrF3N2O/c1-17(2,3)14-8-11(9-15(16(14)25)18(20,21)22)10-23-24-13-6-4-12(19)5-7-13/h4-10H,1-3H3. The van der Waals surface area contributed by atoms with Crippen LogP contribution in [0.1, 0.15) is 20.8 Å². The van der Waals surface area contributed by atoms with E-state index in [2.05, 4.69) is 26.2 Å². The van der Waals surface area contributed by atoms with Crippen molar-refractivity contribution in [3.05, 3.63) is 63.8 Å². The van der Waals surface area contributed by atoms with Gasteiger partial charge in [0.2, 0.25) is 0 Å². The van der Waals surface area contributed by atoms with Gasteiger partial charge in [-0.15, -0.1) is 0 Å². The number of azo groups is 1. The summed E-state index contributed by atoms with van der Waals surface area (Å²) in [6, 6.07) is 6.98. The number of allylic oxidation sites excluding steroid dienone is 5. The fourth-order valence-corrected chi connectivity index (χ4v) is 2.43. The number of carbonyl (C=O) groups is 1. The highest BCUT2D eigenvalue weighted by molar-refractivity contribution is 9.10. The summed E-state index contributed by atoms with van der Waals surface area (Å²) in [5, 5.41) is 7.77. The molecule has 1 aliphatic carbocycles. The topological polar surface area (TPSA) is 41.8 Å². The lowest BCUT2D eigenvalue weighted by Gasteiger charge is -2.26. The molecule has 0 spiro atoms. The zero-order valence-corrected chi connectivity index (χ0v) is 15.4. The van der Waals surface area contributed by atoms with Crippen LogP contribution in [-0.2, 0) is 4.79 Å². The van der Waals surface area contributed by atoms with Gasteiger partial charge in [0.25, 0.3) is 0 Å². The minimum Gasteiger partial charge on any atom is -0.289 e. The third-order valence-corrected chi connectivity index (χ3v) is 3.96. The van der Waals surface area contributed by atoms with Crippen molar-refractivity contribution in [3.63, 3.8) is 0 Å². The van der Waals surface area contributed by atoms with E-state index >= 15 is 0 Å². The molecule has 0 amide bonds. The Morgan fingerprint density at radius 1 is 1.00 bits per heavy atom. The van der Waals surface area contributed by atoms with Gasteiger partial charge in [0.1, 0.15) is 5.57 Å². The fourth-order valence-electron chi connectivity index (χ4n) is 2.16. The van der Waals surface area contributed by atoms with Gasteiger partial charge in [-0.3, -0.25) is 4.79 Å². The molecule has 0 heterocycles. The number of hydrogen-bond acceptors (Lipinski definition) is 3. The summed E-state index contributed by atoms with van der Waals surface area (Å²) in [6.45, 7) is 5.07. The van der Waals surface area contributed by atoms with Crippen molar-refractivity contribution in [2.75, 3.05) is 0 Å². The quantitative estimate of drug-likeness (QED) is 0.513. The smallest absolute Gasteiger partial charge is 0.289 e. The van der Waals surface area contributed by atoms with E-state index in [4.69, 9.17) is 0 Å². The Kier molecular flexibility index (Phi) is 5.46. The van der Waals surface area contributed by atoms with Crippen LogP contribution in [-0.4, -0.2) is 12.0 Å². The second-order valence-corrected chi connectivity index (χ2v) is 7.43. The van der Waals surface area contributed by atoms with Crippen LogP contribution in [0.2, 0.25) is 0 Å². The van der Waals surface area contributed by atoms with E-state index in [-0.39, 0.29) is 11.1 Å². The Labute approximate surface area is 152 Å². The first kappa shape index (κ1) is 19.3. The highest BCUT2D eigenvalue weighted by Gasteiger charge is 2.43. The summed E-state index contributed by atoms with van der Waals surface area (Å²) in [6.07, 6.45) is -1.27. The van der Waals surface area contributed by atoms with E-state index in [0.29, 0.717) is 5.69 Å². The molecule has 0 unspecified atom stereocenters. The first-order valence-electron chi connectivity index (χ1n) is 7.41. The minimum atomic E-state index is -4.72. The molecule has 2 rings (SSSR count). The predicted octanol–water partition coefficient (Wildman–Crippen LogP) is 6.46. The minimum absolute atomic E-state index is 0.0902.